The lowest BCUT2D eigenvalue weighted by molar-refractivity contribution is 0.181. The quantitative estimate of drug-likeness (QED) is 0.795. The van der Waals surface area contributed by atoms with E-state index in [-0.39, 0.29) is 0 Å². The summed E-state index contributed by atoms with van der Waals surface area (Å²) >= 11 is 1.68. The molecule has 1 heterocycles. The van der Waals surface area contributed by atoms with E-state index in [0.717, 1.165) is 35.2 Å². The summed E-state index contributed by atoms with van der Waals surface area (Å²) in [5, 5.41) is 1.07. The zero-order valence-electron chi connectivity index (χ0n) is 10.3. The molecule has 1 aromatic rings. The van der Waals surface area contributed by atoms with Gasteiger partial charge in [-0.05, 0) is 13.3 Å². The lowest BCUT2D eigenvalue weighted by Gasteiger charge is -2.18. The monoisotopic (exact) mass is 243 g/mol. The van der Waals surface area contributed by atoms with E-state index < -0.39 is 0 Å². The summed E-state index contributed by atoms with van der Waals surface area (Å²) < 4.78 is 5.13. The van der Waals surface area contributed by atoms with Gasteiger partial charge in [0.15, 0.2) is 5.13 Å². The first kappa shape index (κ1) is 13.4. The van der Waals surface area contributed by atoms with Gasteiger partial charge < -0.3 is 15.4 Å². The van der Waals surface area contributed by atoms with Crippen LogP contribution in [0.3, 0.4) is 0 Å². The van der Waals surface area contributed by atoms with Crippen molar-refractivity contribution in [3.63, 3.8) is 0 Å². The summed E-state index contributed by atoms with van der Waals surface area (Å²) in [4.78, 5) is 8.01. The zero-order chi connectivity index (χ0) is 12.0. The van der Waals surface area contributed by atoms with Crippen LogP contribution >= 0.6 is 11.3 Å². The van der Waals surface area contributed by atoms with Crippen LogP contribution < -0.4 is 10.6 Å². The van der Waals surface area contributed by atoms with Crippen molar-refractivity contribution in [1.82, 2.24) is 4.98 Å². The minimum absolute atomic E-state index is 0.542. The van der Waals surface area contributed by atoms with Gasteiger partial charge in [0.2, 0.25) is 0 Å². The average Bonchev–Trinajstić information content (AvgIpc) is 2.69. The molecule has 2 N–H and O–H groups in total. The van der Waals surface area contributed by atoms with Gasteiger partial charge in [0, 0.05) is 31.6 Å². The van der Waals surface area contributed by atoms with E-state index in [4.69, 9.17) is 10.5 Å². The summed E-state index contributed by atoms with van der Waals surface area (Å²) in [6.07, 6.45) is 1.13. The van der Waals surface area contributed by atoms with E-state index >= 15 is 0 Å². The van der Waals surface area contributed by atoms with Gasteiger partial charge >= 0.3 is 0 Å². The van der Waals surface area contributed by atoms with E-state index in [9.17, 15) is 0 Å². The number of aromatic nitrogens is 1. The largest absolute Gasteiger partial charge is 0.378 e. The molecule has 0 aliphatic carbocycles. The Morgan fingerprint density at radius 1 is 1.44 bits per heavy atom. The predicted octanol–water partition coefficient (Wildman–Crippen LogP) is 1.98. The van der Waals surface area contributed by atoms with E-state index in [0.29, 0.717) is 13.2 Å². The number of methoxy groups -OCH3 is 1. The first-order valence-electron chi connectivity index (χ1n) is 5.69. The fraction of sp³-hybridized carbons (Fsp3) is 0.727. The second-order valence-corrected chi connectivity index (χ2v) is 4.65. The zero-order valence-corrected chi connectivity index (χ0v) is 11.1. The smallest absolute Gasteiger partial charge is 0.185 e. The van der Waals surface area contributed by atoms with Gasteiger partial charge in [0.25, 0.3) is 0 Å². The molecule has 92 valence electrons. The fourth-order valence-corrected chi connectivity index (χ4v) is 2.60. The Balaban J connectivity index is 2.86. The molecule has 0 radical (unpaired) electrons. The first-order chi connectivity index (χ1) is 7.76. The Hall–Kier alpha value is -0.650. The molecule has 16 heavy (non-hydrogen) atoms. The molecule has 1 rings (SSSR count). The molecule has 0 aliphatic heterocycles. The van der Waals surface area contributed by atoms with Gasteiger partial charge in [-0.3, -0.25) is 0 Å². The normalized spacial score (nSPS) is 10.8. The van der Waals surface area contributed by atoms with E-state index in [1.165, 1.54) is 0 Å². The minimum atomic E-state index is 0.542. The number of hydrogen-bond donors (Lipinski definition) is 1. The first-order valence-corrected chi connectivity index (χ1v) is 6.50. The maximum absolute atomic E-state index is 5.71. The molecule has 4 nitrogen and oxygen atoms in total. The minimum Gasteiger partial charge on any atom is -0.378 e. The Labute approximate surface area is 101 Å². The van der Waals surface area contributed by atoms with Crippen LogP contribution in [0, 0.1) is 0 Å². The molecule has 0 fully saturated rings. The van der Waals surface area contributed by atoms with Gasteiger partial charge in [-0.15, -0.1) is 11.3 Å². The van der Waals surface area contributed by atoms with Crippen molar-refractivity contribution in [2.75, 3.05) is 25.1 Å². The van der Waals surface area contributed by atoms with Crippen LogP contribution in [-0.4, -0.2) is 25.2 Å². The third kappa shape index (κ3) is 3.17. The molecule has 0 aliphatic rings. The van der Waals surface area contributed by atoms with Crippen molar-refractivity contribution < 1.29 is 4.74 Å². The number of rotatable bonds is 7. The molecule has 0 amide bonds. The van der Waals surface area contributed by atoms with Crippen molar-refractivity contribution in [3.8, 4) is 0 Å². The van der Waals surface area contributed by atoms with Gasteiger partial charge in [-0.2, -0.15) is 0 Å². The number of nitrogens with zero attached hydrogens (tertiary/aromatic N) is 2. The summed E-state index contributed by atoms with van der Waals surface area (Å²) in [6, 6.07) is 0. The highest BCUT2D eigenvalue weighted by molar-refractivity contribution is 7.15. The van der Waals surface area contributed by atoms with Crippen LogP contribution in [0.25, 0.3) is 0 Å². The number of hydrogen-bond acceptors (Lipinski definition) is 5. The Kier molecular flexibility index (Phi) is 5.73. The molecule has 0 unspecified atom stereocenters. The number of nitrogens with two attached hydrogens (primary N) is 1. The van der Waals surface area contributed by atoms with E-state index in [1.54, 1.807) is 18.4 Å². The van der Waals surface area contributed by atoms with Gasteiger partial charge in [-0.1, -0.05) is 6.92 Å². The summed E-state index contributed by atoms with van der Waals surface area (Å²) in [6.45, 7) is 7.44. The third-order valence-electron chi connectivity index (χ3n) is 2.38. The molecule has 0 bridgehead atoms. The summed E-state index contributed by atoms with van der Waals surface area (Å²) in [5.74, 6) is 0. The molecule has 0 aromatic carbocycles. The number of anilines is 1. The van der Waals surface area contributed by atoms with Crippen LogP contribution in [0.15, 0.2) is 0 Å². The van der Waals surface area contributed by atoms with E-state index in [2.05, 4.69) is 23.7 Å². The highest BCUT2D eigenvalue weighted by atomic mass is 32.1. The van der Waals surface area contributed by atoms with Crippen LogP contribution in [-0.2, 0) is 17.9 Å². The molecule has 0 atom stereocenters. The van der Waals surface area contributed by atoms with Crippen LogP contribution in [0.4, 0.5) is 5.13 Å². The van der Waals surface area contributed by atoms with Gasteiger partial charge in [-0.25, -0.2) is 4.98 Å². The van der Waals surface area contributed by atoms with Crippen molar-refractivity contribution in [3.05, 3.63) is 10.6 Å². The van der Waals surface area contributed by atoms with Gasteiger partial charge in [0.05, 0.1) is 12.3 Å². The fourth-order valence-electron chi connectivity index (χ4n) is 1.57. The summed E-state index contributed by atoms with van der Waals surface area (Å²) in [5.41, 5.74) is 6.69. The SMILES string of the molecule is CCCN(CC)c1nc(COC)c(CN)s1. The standard InChI is InChI=1S/C11H21N3OS/c1-4-6-14(5-2)11-13-9(8-15-3)10(7-12)16-11/h4-8,12H2,1-3H3. The maximum Gasteiger partial charge on any atom is 0.185 e. The second-order valence-electron chi connectivity index (χ2n) is 3.58. The molecular weight excluding hydrogens is 222 g/mol. The number of thiazole rings is 1. The molecule has 1 aromatic heterocycles. The highest BCUT2D eigenvalue weighted by Gasteiger charge is 2.13. The Morgan fingerprint density at radius 2 is 2.19 bits per heavy atom. The molecule has 0 saturated heterocycles. The Bertz CT molecular complexity index is 314. The highest BCUT2D eigenvalue weighted by Crippen LogP contribution is 2.26. The lowest BCUT2D eigenvalue weighted by atomic mass is 10.4. The topological polar surface area (TPSA) is 51.4 Å². The Morgan fingerprint density at radius 3 is 2.69 bits per heavy atom. The van der Waals surface area contributed by atoms with Crippen LogP contribution in [0.5, 0.6) is 0 Å². The molecule has 0 saturated carbocycles. The van der Waals surface area contributed by atoms with Crippen molar-refractivity contribution in [1.29, 1.82) is 0 Å². The average molecular weight is 243 g/mol. The summed E-state index contributed by atoms with van der Waals surface area (Å²) in [7, 11) is 1.68. The lowest BCUT2D eigenvalue weighted by Crippen LogP contribution is -2.23. The predicted molar refractivity (Wildman–Crippen MR) is 68.9 cm³/mol. The van der Waals surface area contributed by atoms with E-state index in [1.807, 2.05) is 0 Å². The molecular formula is C11H21N3OS. The van der Waals surface area contributed by atoms with Crippen molar-refractivity contribution >= 4 is 16.5 Å². The van der Waals surface area contributed by atoms with Crippen molar-refractivity contribution in [2.45, 2.75) is 33.4 Å². The maximum atomic E-state index is 5.71. The van der Waals surface area contributed by atoms with Crippen LogP contribution in [0.2, 0.25) is 0 Å². The molecule has 0 spiro atoms. The third-order valence-corrected chi connectivity index (χ3v) is 3.56. The number of ether oxygens (including phenoxy) is 1. The van der Waals surface area contributed by atoms with Crippen molar-refractivity contribution in [2.24, 2.45) is 5.73 Å². The second kappa shape index (κ2) is 6.83. The van der Waals surface area contributed by atoms with Gasteiger partial charge in [0.1, 0.15) is 0 Å². The molecule has 5 heteroatoms. The van der Waals surface area contributed by atoms with Crippen LogP contribution in [0.1, 0.15) is 30.8 Å².